The monoisotopic (exact) mass is 376 g/mol. The lowest BCUT2D eigenvalue weighted by Gasteiger charge is -2.40. The molecule has 1 fully saturated rings. The number of halogens is 1. The fraction of sp³-hybridized carbons (Fsp3) is 0.450. The van der Waals surface area contributed by atoms with Crippen LogP contribution in [0.1, 0.15) is 56.4 Å². The maximum atomic E-state index is 6.26. The molecule has 134 valence electrons. The van der Waals surface area contributed by atoms with Gasteiger partial charge in [-0.2, -0.15) is 0 Å². The third-order valence-corrected chi connectivity index (χ3v) is 5.81. The molecule has 25 heavy (non-hydrogen) atoms. The Hall–Kier alpha value is -1.52. The van der Waals surface area contributed by atoms with Crippen molar-refractivity contribution in [1.82, 2.24) is 4.90 Å². The van der Waals surface area contributed by atoms with Gasteiger partial charge < -0.3 is 14.6 Å². The summed E-state index contributed by atoms with van der Waals surface area (Å²) in [5.41, 5.74) is 1.98. The van der Waals surface area contributed by atoms with Gasteiger partial charge in [-0.1, -0.05) is 36.9 Å². The Balaban J connectivity index is 1.85. The van der Waals surface area contributed by atoms with E-state index in [2.05, 4.69) is 17.1 Å². The van der Waals surface area contributed by atoms with Gasteiger partial charge in [0.2, 0.25) is 0 Å². The van der Waals surface area contributed by atoms with Gasteiger partial charge in [0.25, 0.3) is 0 Å². The zero-order chi connectivity index (χ0) is 17.8. The van der Waals surface area contributed by atoms with E-state index in [0.29, 0.717) is 6.04 Å². The first-order chi connectivity index (χ1) is 12.1. The van der Waals surface area contributed by atoms with Crippen LogP contribution in [-0.4, -0.2) is 16.1 Å². The second-order valence-electron chi connectivity index (χ2n) is 6.73. The maximum absolute atomic E-state index is 6.26. The van der Waals surface area contributed by atoms with E-state index in [4.69, 9.17) is 28.2 Å². The molecule has 5 heteroatoms. The Kier molecular flexibility index (Phi) is 6.02. The first kappa shape index (κ1) is 18.3. The summed E-state index contributed by atoms with van der Waals surface area (Å²) in [6.45, 7) is 4.17. The van der Waals surface area contributed by atoms with E-state index >= 15 is 0 Å². The highest BCUT2D eigenvalue weighted by Gasteiger charge is 2.29. The summed E-state index contributed by atoms with van der Waals surface area (Å²) in [6, 6.07) is 10.3. The van der Waals surface area contributed by atoms with Gasteiger partial charge in [-0.05, 0) is 68.7 Å². The largest absolute Gasteiger partial charge is 0.467 e. The molecule has 3 nitrogen and oxygen atoms in total. The first-order valence-electron chi connectivity index (χ1n) is 8.95. The molecule has 0 radical (unpaired) electrons. The molecule has 0 bridgehead atoms. The molecule has 1 N–H and O–H groups in total. The molecule has 0 amide bonds. The molecule has 1 aliphatic carbocycles. The highest BCUT2D eigenvalue weighted by molar-refractivity contribution is 7.80. The van der Waals surface area contributed by atoms with E-state index in [1.54, 1.807) is 6.26 Å². The summed E-state index contributed by atoms with van der Waals surface area (Å²) in [4.78, 5) is 2.31. The van der Waals surface area contributed by atoms with Gasteiger partial charge in [0, 0.05) is 16.8 Å². The van der Waals surface area contributed by atoms with Crippen molar-refractivity contribution in [1.29, 1.82) is 0 Å². The van der Waals surface area contributed by atoms with Gasteiger partial charge in [-0.25, -0.2) is 0 Å². The van der Waals surface area contributed by atoms with Gasteiger partial charge in [0.05, 0.1) is 12.3 Å². The molecular weight excluding hydrogens is 352 g/mol. The molecule has 0 saturated heterocycles. The molecule has 1 unspecified atom stereocenters. The van der Waals surface area contributed by atoms with Crippen molar-refractivity contribution >= 4 is 34.6 Å². The van der Waals surface area contributed by atoms with Crippen molar-refractivity contribution < 1.29 is 4.42 Å². The van der Waals surface area contributed by atoms with Gasteiger partial charge in [-0.3, -0.25) is 0 Å². The normalized spacial score (nSPS) is 16.4. The average Bonchev–Trinajstić information content (AvgIpc) is 3.15. The molecule has 1 saturated carbocycles. The quantitative estimate of drug-likeness (QED) is 0.630. The van der Waals surface area contributed by atoms with E-state index in [0.717, 1.165) is 27.1 Å². The topological polar surface area (TPSA) is 28.4 Å². The molecule has 0 spiro atoms. The molecule has 1 aromatic carbocycles. The molecule has 0 aliphatic heterocycles. The zero-order valence-electron chi connectivity index (χ0n) is 14.8. The number of nitrogens with zero attached hydrogens (tertiary/aromatic N) is 1. The van der Waals surface area contributed by atoms with Crippen molar-refractivity contribution in [2.24, 2.45) is 0 Å². The van der Waals surface area contributed by atoms with E-state index < -0.39 is 0 Å². The van der Waals surface area contributed by atoms with Crippen LogP contribution >= 0.6 is 23.8 Å². The van der Waals surface area contributed by atoms with Gasteiger partial charge in [-0.15, -0.1) is 0 Å². The van der Waals surface area contributed by atoms with Crippen molar-refractivity contribution in [2.75, 3.05) is 5.32 Å². The smallest absolute Gasteiger partial charge is 0.174 e. The lowest BCUT2D eigenvalue weighted by atomic mass is 9.93. The van der Waals surface area contributed by atoms with Crippen molar-refractivity contribution in [3.05, 3.63) is 52.9 Å². The summed E-state index contributed by atoms with van der Waals surface area (Å²) in [6.07, 6.45) is 7.88. The van der Waals surface area contributed by atoms with Gasteiger partial charge >= 0.3 is 0 Å². The highest BCUT2D eigenvalue weighted by Crippen LogP contribution is 2.32. The Morgan fingerprint density at radius 3 is 2.68 bits per heavy atom. The number of hydrogen-bond acceptors (Lipinski definition) is 2. The Morgan fingerprint density at radius 1 is 1.24 bits per heavy atom. The third-order valence-electron chi connectivity index (χ3n) is 5.08. The second-order valence-corrected chi connectivity index (χ2v) is 7.53. The van der Waals surface area contributed by atoms with E-state index in [1.807, 2.05) is 37.3 Å². The molecule has 3 rings (SSSR count). The minimum Gasteiger partial charge on any atom is -0.467 e. The number of furan rings is 1. The summed E-state index contributed by atoms with van der Waals surface area (Å²) < 4.78 is 5.66. The van der Waals surface area contributed by atoms with Crippen LogP contribution in [0.15, 0.2) is 41.0 Å². The van der Waals surface area contributed by atoms with Crippen LogP contribution in [-0.2, 0) is 0 Å². The SMILES string of the molecule is Cc1c(Cl)cccc1NC(=S)N(C1CCCCC1)C(C)c1ccco1. The van der Waals surface area contributed by atoms with Crippen molar-refractivity contribution in [2.45, 2.75) is 58.0 Å². The Morgan fingerprint density at radius 2 is 2.00 bits per heavy atom. The number of anilines is 1. The minimum atomic E-state index is 0.0950. The van der Waals surface area contributed by atoms with Crippen LogP contribution in [0, 0.1) is 6.92 Å². The second kappa shape index (κ2) is 8.24. The molecule has 1 atom stereocenters. The van der Waals surface area contributed by atoms with Gasteiger partial charge in [0.15, 0.2) is 5.11 Å². The summed E-state index contributed by atoms with van der Waals surface area (Å²) in [7, 11) is 0. The summed E-state index contributed by atoms with van der Waals surface area (Å²) in [5.74, 6) is 0.942. The lowest BCUT2D eigenvalue weighted by molar-refractivity contribution is 0.186. The first-order valence-corrected chi connectivity index (χ1v) is 9.74. The van der Waals surface area contributed by atoms with Crippen molar-refractivity contribution in [3.63, 3.8) is 0 Å². The molecule has 2 aromatic rings. The van der Waals surface area contributed by atoms with Crippen molar-refractivity contribution in [3.8, 4) is 0 Å². The zero-order valence-corrected chi connectivity index (χ0v) is 16.4. The number of rotatable bonds is 4. The number of hydrogen-bond donors (Lipinski definition) is 1. The predicted molar refractivity (Wildman–Crippen MR) is 108 cm³/mol. The van der Waals surface area contributed by atoms with E-state index in [-0.39, 0.29) is 6.04 Å². The highest BCUT2D eigenvalue weighted by atomic mass is 35.5. The Bertz CT molecular complexity index is 710. The predicted octanol–water partition coefficient (Wildman–Crippen LogP) is 6.33. The van der Waals surface area contributed by atoms with Crippen LogP contribution in [0.5, 0.6) is 0 Å². The third kappa shape index (κ3) is 4.18. The van der Waals surface area contributed by atoms with Gasteiger partial charge in [0.1, 0.15) is 5.76 Å². The minimum absolute atomic E-state index is 0.0950. The summed E-state index contributed by atoms with van der Waals surface area (Å²) >= 11 is 12.1. The summed E-state index contributed by atoms with van der Waals surface area (Å²) in [5, 5.41) is 4.91. The lowest BCUT2D eigenvalue weighted by Crippen LogP contribution is -2.45. The maximum Gasteiger partial charge on any atom is 0.174 e. The van der Waals surface area contributed by atoms with E-state index in [1.165, 1.54) is 32.1 Å². The average molecular weight is 377 g/mol. The fourth-order valence-corrected chi connectivity index (χ4v) is 4.20. The number of benzene rings is 1. The molecule has 1 heterocycles. The van der Waals surface area contributed by atoms with Crippen LogP contribution < -0.4 is 5.32 Å². The van der Waals surface area contributed by atoms with Crippen LogP contribution in [0.4, 0.5) is 5.69 Å². The molecule has 1 aliphatic rings. The van der Waals surface area contributed by atoms with Crippen LogP contribution in [0.3, 0.4) is 0 Å². The van der Waals surface area contributed by atoms with E-state index in [9.17, 15) is 0 Å². The number of nitrogens with one attached hydrogen (secondary N) is 1. The van der Waals surface area contributed by atoms with Crippen LogP contribution in [0.25, 0.3) is 0 Å². The van der Waals surface area contributed by atoms with Crippen LogP contribution in [0.2, 0.25) is 5.02 Å². The number of thiocarbonyl (C=S) groups is 1. The Labute approximate surface area is 160 Å². The fourth-order valence-electron chi connectivity index (χ4n) is 3.61. The molecular formula is C20H25ClN2OS. The standard InChI is InChI=1S/C20H25ClN2OS/c1-14-17(21)10-6-11-18(14)22-20(25)23(16-8-4-3-5-9-16)15(2)19-12-7-13-24-19/h6-7,10-13,15-16H,3-5,8-9H2,1-2H3,(H,22,25). The molecule has 1 aromatic heterocycles.